The fourth-order valence-electron chi connectivity index (χ4n) is 4.81. The van der Waals surface area contributed by atoms with Gasteiger partial charge in [-0.05, 0) is 73.2 Å². The molecular formula is C29H33FO4S2. The molecule has 7 heteroatoms. The first-order valence-corrected chi connectivity index (χ1v) is 14.2. The lowest BCUT2D eigenvalue weighted by atomic mass is 9.86. The van der Waals surface area contributed by atoms with Gasteiger partial charge < -0.3 is 14.2 Å². The number of ether oxygens (including phenoxy) is 3. The van der Waals surface area contributed by atoms with Gasteiger partial charge in [-0.15, -0.1) is 11.3 Å². The number of rotatable bonds is 7. The number of benzene rings is 2. The number of hydrogen-bond acceptors (Lipinski definition) is 6. The summed E-state index contributed by atoms with van der Waals surface area (Å²) in [7, 11) is 1.68. The molecule has 0 amide bonds. The van der Waals surface area contributed by atoms with Gasteiger partial charge in [-0.3, -0.25) is 4.79 Å². The van der Waals surface area contributed by atoms with Crippen LogP contribution >= 0.6 is 23.1 Å². The number of methoxy groups -OCH3 is 1. The lowest BCUT2D eigenvalue weighted by molar-refractivity contribution is -0.168. The van der Waals surface area contributed by atoms with Crippen LogP contribution in [0.3, 0.4) is 0 Å². The van der Waals surface area contributed by atoms with Crippen molar-refractivity contribution in [3.05, 3.63) is 75.9 Å². The summed E-state index contributed by atoms with van der Waals surface area (Å²) in [5.74, 6) is 0.353. The molecule has 1 unspecified atom stereocenters. The smallest absolute Gasteiger partial charge is 0.302 e. The first-order chi connectivity index (χ1) is 17.2. The molecule has 0 spiro atoms. The highest BCUT2D eigenvalue weighted by molar-refractivity contribution is 7.99. The van der Waals surface area contributed by atoms with E-state index in [1.807, 2.05) is 25.3 Å². The van der Waals surface area contributed by atoms with Crippen LogP contribution in [-0.2, 0) is 20.7 Å². The monoisotopic (exact) mass is 528 g/mol. The predicted molar refractivity (Wildman–Crippen MR) is 146 cm³/mol. The Morgan fingerprint density at radius 2 is 1.86 bits per heavy atom. The summed E-state index contributed by atoms with van der Waals surface area (Å²) in [5.41, 5.74) is 4.32. The van der Waals surface area contributed by atoms with Crippen LogP contribution in [0.2, 0.25) is 0 Å². The molecule has 4 rings (SSSR count). The van der Waals surface area contributed by atoms with Crippen molar-refractivity contribution in [3.8, 4) is 16.2 Å². The minimum atomic E-state index is -0.275. The van der Waals surface area contributed by atoms with Crippen LogP contribution in [-0.4, -0.2) is 36.8 Å². The molecule has 36 heavy (non-hydrogen) atoms. The van der Waals surface area contributed by atoms with Crippen molar-refractivity contribution in [2.24, 2.45) is 5.92 Å². The van der Waals surface area contributed by atoms with Gasteiger partial charge in [-0.25, -0.2) is 4.39 Å². The summed E-state index contributed by atoms with van der Waals surface area (Å²) >= 11 is 3.37. The van der Waals surface area contributed by atoms with Crippen LogP contribution in [0, 0.1) is 18.7 Å². The van der Waals surface area contributed by atoms with Gasteiger partial charge in [0.05, 0.1) is 18.5 Å². The van der Waals surface area contributed by atoms with Crippen molar-refractivity contribution in [1.29, 1.82) is 0 Å². The lowest BCUT2D eigenvalue weighted by Crippen LogP contribution is -2.49. The van der Waals surface area contributed by atoms with E-state index in [-0.39, 0.29) is 41.3 Å². The van der Waals surface area contributed by atoms with E-state index < -0.39 is 0 Å². The largest absolute Gasteiger partial charge is 0.496 e. The van der Waals surface area contributed by atoms with Gasteiger partial charge in [-0.1, -0.05) is 19.1 Å². The topological polar surface area (TPSA) is 44.8 Å². The van der Waals surface area contributed by atoms with Crippen LogP contribution in [0.4, 0.5) is 4.39 Å². The standard InChI is InChI=1S/C29H33FO4S2/c1-16-13-25(32-5)24(28-29(35-6)27(34-19(4)31)17(2)18(3)33-28)15-21(16)14-23-11-12-26(36-23)20-7-9-22(30)10-8-20/h7-13,15,17-18,27-29H,14H2,1-6H3/t17-,18-,27+,28?,29-/m1/s1. The number of thioether (sulfide) groups is 1. The zero-order chi connectivity index (χ0) is 26.0. The number of halogens is 1. The number of thiophene rings is 1. The fourth-order valence-corrected chi connectivity index (χ4v) is 6.88. The Balaban J connectivity index is 1.67. The van der Waals surface area contributed by atoms with Gasteiger partial charge in [0, 0.05) is 34.6 Å². The molecule has 0 saturated carbocycles. The van der Waals surface area contributed by atoms with Crippen LogP contribution in [0.25, 0.3) is 10.4 Å². The first-order valence-electron chi connectivity index (χ1n) is 12.1. The van der Waals surface area contributed by atoms with Gasteiger partial charge in [0.15, 0.2) is 0 Å². The van der Waals surface area contributed by atoms with Crippen molar-refractivity contribution in [2.45, 2.75) is 57.7 Å². The van der Waals surface area contributed by atoms with Gasteiger partial charge in [0.1, 0.15) is 23.8 Å². The molecule has 1 aromatic heterocycles. The normalized spacial score (nSPS) is 23.9. The molecule has 4 nitrogen and oxygen atoms in total. The van der Waals surface area contributed by atoms with Crippen molar-refractivity contribution in [3.63, 3.8) is 0 Å². The molecule has 0 bridgehead atoms. The van der Waals surface area contributed by atoms with Crippen LogP contribution in [0.5, 0.6) is 5.75 Å². The molecule has 192 valence electrons. The maximum atomic E-state index is 13.3. The number of hydrogen-bond donors (Lipinski definition) is 0. The maximum absolute atomic E-state index is 13.3. The fraction of sp³-hybridized carbons (Fsp3) is 0.414. The van der Waals surface area contributed by atoms with E-state index in [1.54, 1.807) is 30.2 Å². The van der Waals surface area contributed by atoms with Gasteiger partial charge in [0.25, 0.3) is 0 Å². The highest BCUT2D eigenvalue weighted by atomic mass is 32.2. The minimum absolute atomic E-state index is 0.0589. The van der Waals surface area contributed by atoms with Crippen LogP contribution in [0.15, 0.2) is 48.5 Å². The Bertz CT molecular complexity index is 1210. The highest BCUT2D eigenvalue weighted by Gasteiger charge is 2.45. The van der Waals surface area contributed by atoms with Crippen molar-refractivity contribution in [1.82, 2.24) is 0 Å². The molecule has 1 saturated heterocycles. The Labute approximate surface area is 221 Å². The quantitative estimate of drug-likeness (QED) is 0.303. The van der Waals surface area contributed by atoms with Gasteiger partial charge >= 0.3 is 5.97 Å². The average molecular weight is 529 g/mol. The second kappa shape index (κ2) is 11.4. The van der Waals surface area contributed by atoms with Gasteiger partial charge in [0.2, 0.25) is 0 Å². The number of aryl methyl sites for hydroxylation is 1. The van der Waals surface area contributed by atoms with E-state index in [0.29, 0.717) is 0 Å². The lowest BCUT2D eigenvalue weighted by Gasteiger charge is -2.44. The Hall–Kier alpha value is -2.35. The molecule has 2 heterocycles. The van der Waals surface area contributed by atoms with Crippen LogP contribution < -0.4 is 4.74 Å². The third-order valence-corrected chi connectivity index (χ3v) is 9.16. The van der Waals surface area contributed by atoms with E-state index in [0.717, 1.165) is 33.7 Å². The number of carbonyl (C=O) groups is 1. The average Bonchev–Trinajstić information content (AvgIpc) is 3.31. The summed E-state index contributed by atoms with van der Waals surface area (Å²) in [5, 5.41) is -0.0589. The molecule has 5 atom stereocenters. The minimum Gasteiger partial charge on any atom is -0.496 e. The number of esters is 1. The van der Waals surface area contributed by atoms with Crippen molar-refractivity contribution < 1.29 is 23.4 Å². The SMILES string of the molecule is COc1cc(C)c(Cc2ccc(-c3ccc(F)cc3)s2)cc1C1O[C@H](C)[C@@H](C)[C@H](OC(C)=O)[C@H]1SC. The summed E-state index contributed by atoms with van der Waals surface area (Å²) in [6.45, 7) is 7.67. The van der Waals surface area contributed by atoms with E-state index >= 15 is 0 Å². The summed E-state index contributed by atoms with van der Waals surface area (Å²) in [6, 6.07) is 15.1. The van der Waals surface area contributed by atoms with Crippen LogP contribution in [0.1, 0.15) is 48.4 Å². The zero-order valence-corrected chi connectivity index (χ0v) is 23.2. The van der Waals surface area contributed by atoms with E-state index in [2.05, 4.69) is 38.1 Å². The van der Waals surface area contributed by atoms with E-state index in [4.69, 9.17) is 14.2 Å². The molecule has 2 aromatic carbocycles. The molecule has 1 aliphatic heterocycles. The van der Waals surface area contributed by atoms with Crippen molar-refractivity contribution in [2.75, 3.05) is 13.4 Å². The maximum Gasteiger partial charge on any atom is 0.302 e. The molecule has 0 aliphatic carbocycles. The van der Waals surface area contributed by atoms with Gasteiger partial charge in [-0.2, -0.15) is 11.8 Å². The molecular weight excluding hydrogens is 495 g/mol. The third kappa shape index (κ3) is 5.63. The molecule has 1 fully saturated rings. The molecule has 1 aliphatic rings. The summed E-state index contributed by atoms with van der Waals surface area (Å²) < 4.78 is 31.5. The summed E-state index contributed by atoms with van der Waals surface area (Å²) in [6.07, 6.45) is 2.20. The first kappa shape index (κ1) is 26.7. The Kier molecular flexibility index (Phi) is 8.43. The van der Waals surface area contributed by atoms with E-state index in [9.17, 15) is 9.18 Å². The second-order valence-electron chi connectivity index (χ2n) is 9.37. The van der Waals surface area contributed by atoms with E-state index in [1.165, 1.54) is 29.5 Å². The number of carbonyl (C=O) groups excluding carboxylic acids is 1. The Morgan fingerprint density at radius 1 is 1.14 bits per heavy atom. The predicted octanol–water partition coefficient (Wildman–Crippen LogP) is 7.22. The molecule has 0 N–H and O–H groups in total. The van der Waals surface area contributed by atoms with Crippen molar-refractivity contribution >= 4 is 29.1 Å². The highest BCUT2D eigenvalue weighted by Crippen LogP contribution is 2.45. The third-order valence-electron chi connectivity index (χ3n) is 6.97. The Morgan fingerprint density at radius 3 is 2.50 bits per heavy atom. The summed E-state index contributed by atoms with van der Waals surface area (Å²) in [4.78, 5) is 14.2. The zero-order valence-electron chi connectivity index (χ0n) is 21.5. The molecule has 0 radical (unpaired) electrons. The molecule has 3 aromatic rings. The second-order valence-corrected chi connectivity index (χ2v) is 11.5.